The first-order valence-corrected chi connectivity index (χ1v) is 14.3. The topological polar surface area (TPSA) is 179 Å². The van der Waals surface area contributed by atoms with Crippen LogP contribution in [0.5, 0.6) is 11.5 Å². The van der Waals surface area contributed by atoms with E-state index in [1.165, 1.54) is 67.3 Å². The van der Waals surface area contributed by atoms with Crippen LogP contribution in [-0.4, -0.2) is 41.2 Å². The highest BCUT2D eigenvalue weighted by molar-refractivity contribution is 7.07. The van der Waals surface area contributed by atoms with Gasteiger partial charge < -0.3 is 18.6 Å². The van der Waals surface area contributed by atoms with Crippen molar-refractivity contribution >= 4 is 46.4 Å². The van der Waals surface area contributed by atoms with Crippen molar-refractivity contribution in [2.24, 2.45) is 4.99 Å². The zero-order chi connectivity index (χ0) is 32.6. The zero-order valence-electron chi connectivity index (χ0n) is 24.1. The summed E-state index contributed by atoms with van der Waals surface area (Å²) < 4.78 is 23.3. The number of methoxy groups -OCH3 is 2. The number of nitro groups is 2. The summed E-state index contributed by atoms with van der Waals surface area (Å²) in [5.74, 6) is -0.239. The standard InChI is InChI=1S/C29H23ClN4O10S/c1-5-43-28(36)25-14(2)31-29-32(26(25)21-9-8-20(44-21)17-12-16(33(37)38)6-7-18(17)30)27(35)24(45-29)11-15-10-19(34(39)40)23(42-4)13-22(15)41-3/h6-13,26H,5H2,1-4H3/b24-11-/t26-/m1/s1. The van der Waals surface area contributed by atoms with E-state index in [4.69, 9.17) is 30.2 Å². The van der Waals surface area contributed by atoms with Crippen molar-refractivity contribution in [1.82, 2.24) is 4.57 Å². The van der Waals surface area contributed by atoms with Gasteiger partial charge in [0.25, 0.3) is 11.2 Å². The molecule has 5 rings (SSSR count). The lowest BCUT2D eigenvalue weighted by Crippen LogP contribution is -2.39. The molecule has 232 valence electrons. The first-order valence-electron chi connectivity index (χ1n) is 13.1. The summed E-state index contributed by atoms with van der Waals surface area (Å²) >= 11 is 7.32. The first-order chi connectivity index (χ1) is 21.5. The van der Waals surface area contributed by atoms with Crippen LogP contribution in [0, 0.1) is 20.2 Å². The number of benzene rings is 2. The molecule has 0 bridgehead atoms. The monoisotopic (exact) mass is 654 g/mol. The Labute approximate surface area is 262 Å². The van der Waals surface area contributed by atoms with E-state index in [9.17, 15) is 29.8 Å². The largest absolute Gasteiger partial charge is 0.496 e. The Balaban J connectivity index is 1.72. The molecule has 2 aromatic carbocycles. The van der Waals surface area contributed by atoms with Gasteiger partial charge in [-0.15, -0.1) is 0 Å². The number of nitrogens with zero attached hydrogens (tertiary/aromatic N) is 4. The summed E-state index contributed by atoms with van der Waals surface area (Å²) in [5, 5.41) is 23.2. The van der Waals surface area contributed by atoms with Gasteiger partial charge in [0.05, 0.1) is 51.5 Å². The SMILES string of the molecule is CCOC(=O)C1=C(C)N=c2s/c(=C\c3cc([N+](=O)[O-])c(OC)cc3OC)c(=O)n2[C@@H]1c1ccc(-c2cc([N+](=O)[O-])ccc2Cl)o1. The third-order valence-electron chi connectivity index (χ3n) is 6.85. The number of non-ortho nitro benzene ring substituents is 1. The fourth-order valence-electron chi connectivity index (χ4n) is 4.82. The molecule has 14 nitrogen and oxygen atoms in total. The van der Waals surface area contributed by atoms with Gasteiger partial charge >= 0.3 is 11.7 Å². The van der Waals surface area contributed by atoms with E-state index in [1.54, 1.807) is 13.8 Å². The molecule has 4 aromatic rings. The van der Waals surface area contributed by atoms with Gasteiger partial charge in [-0.1, -0.05) is 22.9 Å². The Hall–Kier alpha value is -5.28. The summed E-state index contributed by atoms with van der Waals surface area (Å²) in [6, 6.07) is 8.36. The minimum absolute atomic E-state index is 0.0253. The van der Waals surface area contributed by atoms with Crippen LogP contribution in [0.25, 0.3) is 17.4 Å². The highest BCUT2D eigenvalue weighted by atomic mass is 35.5. The van der Waals surface area contributed by atoms with Gasteiger partial charge in [0, 0.05) is 35.4 Å². The van der Waals surface area contributed by atoms with Gasteiger partial charge in [-0.2, -0.15) is 0 Å². The normalized spacial score (nSPS) is 14.5. The zero-order valence-corrected chi connectivity index (χ0v) is 25.6. The van der Waals surface area contributed by atoms with Gasteiger partial charge in [-0.25, -0.2) is 9.79 Å². The molecular weight excluding hydrogens is 632 g/mol. The number of furan rings is 1. The fraction of sp³-hybridized carbons (Fsp3) is 0.207. The van der Waals surface area contributed by atoms with Gasteiger partial charge in [0.2, 0.25) is 5.75 Å². The Bertz CT molecular complexity index is 2100. The summed E-state index contributed by atoms with van der Waals surface area (Å²) in [7, 11) is 2.66. The molecule has 0 saturated carbocycles. The van der Waals surface area contributed by atoms with Gasteiger partial charge in [-0.3, -0.25) is 29.6 Å². The Morgan fingerprint density at radius 3 is 2.49 bits per heavy atom. The van der Waals surface area contributed by atoms with Crippen LogP contribution < -0.4 is 24.4 Å². The third-order valence-corrected chi connectivity index (χ3v) is 8.17. The summed E-state index contributed by atoms with van der Waals surface area (Å²) in [4.78, 5) is 53.8. The Kier molecular flexibility index (Phi) is 8.57. The van der Waals surface area contributed by atoms with Crippen molar-refractivity contribution in [2.45, 2.75) is 19.9 Å². The third kappa shape index (κ3) is 5.70. The van der Waals surface area contributed by atoms with E-state index >= 15 is 0 Å². The average Bonchev–Trinajstić information content (AvgIpc) is 3.61. The second kappa shape index (κ2) is 12.4. The highest BCUT2D eigenvalue weighted by Gasteiger charge is 2.36. The van der Waals surface area contributed by atoms with Crippen LogP contribution in [0.1, 0.15) is 31.2 Å². The van der Waals surface area contributed by atoms with E-state index < -0.39 is 27.4 Å². The molecule has 0 spiro atoms. The number of carbonyl (C=O) groups is 1. The number of ether oxygens (including phenoxy) is 3. The first kappa shape index (κ1) is 31.2. The molecule has 0 aliphatic carbocycles. The van der Waals surface area contributed by atoms with Crippen LogP contribution in [0.15, 0.2) is 67.9 Å². The number of esters is 1. The Morgan fingerprint density at radius 2 is 1.84 bits per heavy atom. The number of aromatic nitrogens is 1. The molecule has 0 saturated heterocycles. The molecule has 2 aromatic heterocycles. The molecule has 0 amide bonds. The number of allylic oxidation sites excluding steroid dienone is 1. The minimum atomic E-state index is -1.14. The van der Waals surface area contributed by atoms with Crippen LogP contribution in [0.2, 0.25) is 5.02 Å². The molecule has 0 N–H and O–H groups in total. The van der Waals surface area contributed by atoms with E-state index in [-0.39, 0.29) is 77.8 Å². The van der Waals surface area contributed by atoms with Crippen LogP contribution >= 0.6 is 22.9 Å². The maximum Gasteiger partial charge on any atom is 0.338 e. The molecule has 1 atom stereocenters. The van der Waals surface area contributed by atoms with Crippen molar-refractivity contribution in [1.29, 1.82) is 0 Å². The van der Waals surface area contributed by atoms with E-state index in [0.29, 0.717) is 0 Å². The molecule has 45 heavy (non-hydrogen) atoms. The highest BCUT2D eigenvalue weighted by Crippen LogP contribution is 2.38. The molecule has 0 fully saturated rings. The molecule has 16 heteroatoms. The number of halogens is 1. The molecule has 0 unspecified atom stereocenters. The lowest BCUT2D eigenvalue weighted by atomic mass is 10.0. The maximum absolute atomic E-state index is 14.0. The summed E-state index contributed by atoms with van der Waals surface area (Å²) in [6.45, 7) is 3.28. The predicted molar refractivity (Wildman–Crippen MR) is 162 cm³/mol. The number of thiazole rings is 1. The van der Waals surface area contributed by atoms with Crippen LogP contribution in [0.3, 0.4) is 0 Å². The van der Waals surface area contributed by atoms with Crippen molar-refractivity contribution in [2.75, 3.05) is 20.8 Å². The van der Waals surface area contributed by atoms with Gasteiger partial charge in [-0.05, 0) is 38.1 Å². The van der Waals surface area contributed by atoms with E-state index in [2.05, 4.69) is 4.99 Å². The van der Waals surface area contributed by atoms with Gasteiger partial charge in [0.1, 0.15) is 23.3 Å². The second-order valence-corrected chi connectivity index (χ2v) is 10.9. The number of carbonyl (C=O) groups excluding carboxylic acids is 1. The van der Waals surface area contributed by atoms with Crippen LogP contribution in [0.4, 0.5) is 11.4 Å². The molecular formula is C29H23ClN4O10S. The Morgan fingerprint density at radius 1 is 1.11 bits per heavy atom. The second-order valence-electron chi connectivity index (χ2n) is 9.45. The smallest absolute Gasteiger partial charge is 0.338 e. The lowest BCUT2D eigenvalue weighted by molar-refractivity contribution is -0.385. The summed E-state index contributed by atoms with van der Waals surface area (Å²) in [6.07, 6.45) is 1.42. The van der Waals surface area contributed by atoms with Crippen LogP contribution in [-0.2, 0) is 9.53 Å². The van der Waals surface area contributed by atoms with Crippen molar-refractivity contribution in [3.63, 3.8) is 0 Å². The fourth-order valence-corrected chi connectivity index (χ4v) is 6.07. The predicted octanol–water partition coefficient (Wildman–Crippen LogP) is 4.55. The number of fused-ring (bicyclic) bond motifs is 1. The summed E-state index contributed by atoms with van der Waals surface area (Å²) in [5.41, 5.74) is -0.347. The van der Waals surface area contributed by atoms with Crippen molar-refractivity contribution < 1.29 is 33.3 Å². The number of rotatable bonds is 9. The van der Waals surface area contributed by atoms with Gasteiger partial charge in [0.15, 0.2) is 4.80 Å². The molecule has 1 aliphatic rings. The van der Waals surface area contributed by atoms with Crippen molar-refractivity contribution in [3.05, 3.63) is 110 Å². The number of hydrogen-bond donors (Lipinski definition) is 0. The number of hydrogen-bond acceptors (Lipinski definition) is 12. The van der Waals surface area contributed by atoms with E-state index in [1.807, 2.05) is 0 Å². The average molecular weight is 655 g/mol. The minimum Gasteiger partial charge on any atom is -0.496 e. The quantitative estimate of drug-likeness (QED) is 0.141. The molecule has 3 heterocycles. The van der Waals surface area contributed by atoms with Crippen molar-refractivity contribution in [3.8, 4) is 22.8 Å². The molecule has 1 aliphatic heterocycles. The molecule has 0 radical (unpaired) electrons. The lowest BCUT2D eigenvalue weighted by Gasteiger charge is -2.22. The maximum atomic E-state index is 14.0. The number of nitro benzene ring substituents is 2. The van der Waals surface area contributed by atoms with E-state index in [0.717, 1.165) is 11.3 Å².